The van der Waals surface area contributed by atoms with Crippen molar-refractivity contribution in [3.63, 3.8) is 0 Å². The molecule has 2 rings (SSSR count). The lowest BCUT2D eigenvalue weighted by Crippen LogP contribution is -2.42. The Kier molecular flexibility index (Phi) is 4.50. The Balaban J connectivity index is 1.72. The molecule has 1 aromatic heterocycles. The number of nitrogens with zero attached hydrogens (tertiary/aromatic N) is 2. The van der Waals surface area contributed by atoms with E-state index in [1.165, 1.54) is 19.3 Å². The Hall–Kier alpha value is -1.65. The van der Waals surface area contributed by atoms with E-state index in [1.54, 1.807) is 12.4 Å². The third-order valence-corrected chi connectivity index (χ3v) is 3.20. The number of rotatable bonds is 3. The molecular weight excluding hydrogens is 228 g/mol. The van der Waals surface area contributed by atoms with Crippen LogP contribution < -0.4 is 10.6 Å². The summed E-state index contributed by atoms with van der Waals surface area (Å²) in [7, 11) is 0. The lowest BCUT2D eigenvalue weighted by Gasteiger charge is -2.22. The summed E-state index contributed by atoms with van der Waals surface area (Å²) >= 11 is 0. The molecule has 1 aliphatic rings. The van der Waals surface area contributed by atoms with Crippen molar-refractivity contribution in [1.82, 2.24) is 20.6 Å². The molecule has 5 nitrogen and oxygen atoms in total. The van der Waals surface area contributed by atoms with Crippen LogP contribution in [0.1, 0.15) is 43.5 Å². The highest BCUT2D eigenvalue weighted by Crippen LogP contribution is 2.17. The minimum atomic E-state index is -0.107. The Morgan fingerprint density at radius 2 is 2.06 bits per heavy atom. The zero-order valence-electron chi connectivity index (χ0n) is 10.8. The van der Waals surface area contributed by atoms with E-state index >= 15 is 0 Å². The fourth-order valence-electron chi connectivity index (χ4n) is 2.16. The molecule has 1 fully saturated rings. The van der Waals surface area contributed by atoms with Crippen molar-refractivity contribution in [2.75, 3.05) is 0 Å². The van der Waals surface area contributed by atoms with E-state index < -0.39 is 0 Å². The van der Waals surface area contributed by atoms with Crippen molar-refractivity contribution in [3.8, 4) is 0 Å². The molecule has 0 bridgehead atoms. The Morgan fingerprint density at radius 3 is 2.72 bits per heavy atom. The van der Waals surface area contributed by atoms with Gasteiger partial charge in [0.1, 0.15) is 0 Å². The molecule has 1 heterocycles. The van der Waals surface area contributed by atoms with Gasteiger partial charge < -0.3 is 10.6 Å². The summed E-state index contributed by atoms with van der Waals surface area (Å²) in [6.07, 6.45) is 9.31. The van der Waals surface area contributed by atoms with Gasteiger partial charge in [0, 0.05) is 12.2 Å². The first kappa shape index (κ1) is 12.8. The highest BCUT2D eigenvalue weighted by atomic mass is 16.2. The predicted molar refractivity (Wildman–Crippen MR) is 69.0 cm³/mol. The summed E-state index contributed by atoms with van der Waals surface area (Å²) in [5, 5.41) is 5.82. The maximum Gasteiger partial charge on any atom is 0.315 e. The summed E-state index contributed by atoms with van der Waals surface area (Å²) in [6.45, 7) is 2.31. The van der Waals surface area contributed by atoms with Gasteiger partial charge in [-0.1, -0.05) is 19.3 Å². The van der Waals surface area contributed by atoms with Gasteiger partial charge in [-0.05, 0) is 19.8 Å². The fraction of sp³-hybridized carbons (Fsp3) is 0.615. The summed E-state index contributed by atoms with van der Waals surface area (Å²) in [5.41, 5.74) is 1.66. The van der Waals surface area contributed by atoms with Gasteiger partial charge in [0.05, 0.1) is 24.1 Å². The van der Waals surface area contributed by atoms with Crippen LogP contribution in [0.4, 0.5) is 4.79 Å². The average Bonchev–Trinajstić information content (AvgIpc) is 2.39. The standard InChI is InChI=1S/C13H20N4O/c1-10-7-15-12(8-14-10)9-16-13(18)17-11-5-3-2-4-6-11/h7-8,11H,2-6,9H2,1H3,(H2,16,17,18). The van der Waals surface area contributed by atoms with Crippen molar-refractivity contribution in [1.29, 1.82) is 0 Å². The van der Waals surface area contributed by atoms with Gasteiger partial charge in [0.15, 0.2) is 0 Å². The van der Waals surface area contributed by atoms with Crippen LogP contribution in [0.5, 0.6) is 0 Å². The van der Waals surface area contributed by atoms with E-state index in [0.29, 0.717) is 12.6 Å². The van der Waals surface area contributed by atoms with Crippen molar-refractivity contribution < 1.29 is 4.79 Å². The second-order valence-corrected chi connectivity index (χ2v) is 4.81. The molecule has 1 aliphatic carbocycles. The molecule has 0 spiro atoms. The van der Waals surface area contributed by atoms with Crippen molar-refractivity contribution in [2.24, 2.45) is 0 Å². The van der Waals surface area contributed by atoms with E-state index in [1.807, 2.05) is 6.92 Å². The molecular formula is C13H20N4O. The molecule has 5 heteroatoms. The van der Waals surface area contributed by atoms with Gasteiger partial charge in [-0.15, -0.1) is 0 Å². The first-order valence-corrected chi connectivity index (χ1v) is 6.56. The largest absolute Gasteiger partial charge is 0.335 e. The maximum absolute atomic E-state index is 11.7. The second-order valence-electron chi connectivity index (χ2n) is 4.81. The Bertz CT molecular complexity index is 384. The SMILES string of the molecule is Cc1cnc(CNC(=O)NC2CCCCC2)cn1. The number of carbonyl (C=O) groups excluding carboxylic acids is 1. The minimum absolute atomic E-state index is 0.107. The van der Waals surface area contributed by atoms with Crippen LogP contribution in [0.25, 0.3) is 0 Å². The van der Waals surface area contributed by atoms with Gasteiger partial charge >= 0.3 is 6.03 Å². The first-order chi connectivity index (χ1) is 8.74. The topological polar surface area (TPSA) is 66.9 Å². The van der Waals surface area contributed by atoms with Crippen molar-refractivity contribution in [2.45, 2.75) is 51.6 Å². The molecule has 1 saturated carbocycles. The highest BCUT2D eigenvalue weighted by molar-refractivity contribution is 5.74. The Labute approximate surface area is 107 Å². The summed E-state index contributed by atoms with van der Waals surface area (Å²) in [6, 6.07) is 0.229. The molecule has 0 unspecified atom stereocenters. The Morgan fingerprint density at radius 1 is 1.28 bits per heavy atom. The van der Waals surface area contributed by atoms with E-state index in [0.717, 1.165) is 24.2 Å². The van der Waals surface area contributed by atoms with Crippen LogP contribution in [-0.2, 0) is 6.54 Å². The smallest absolute Gasteiger partial charge is 0.315 e. The van der Waals surface area contributed by atoms with Crippen LogP contribution >= 0.6 is 0 Å². The van der Waals surface area contributed by atoms with Crippen LogP contribution in [0.3, 0.4) is 0 Å². The molecule has 2 amide bonds. The molecule has 0 aliphatic heterocycles. The highest BCUT2D eigenvalue weighted by Gasteiger charge is 2.15. The third kappa shape index (κ3) is 3.98. The number of urea groups is 1. The summed E-state index contributed by atoms with van der Waals surface area (Å²) < 4.78 is 0. The molecule has 0 atom stereocenters. The van der Waals surface area contributed by atoms with Gasteiger partial charge in [-0.2, -0.15) is 0 Å². The average molecular weight is 248 g/mol. The van der Waals surface area contributed by atoms with Crippen LogP contribution in [0.15, 0.2) is 12.4 Å². The molecule has 0 saturated heterocycles. The van der Waals surface area contributed by atoms with Crippen LogP contribution in [-0.4, -0.2) is 22.0 Å². The normalized spacial score (nSPS) is 16.3. The molecule has 1 aromatic rings. The van der Waals surface area contributed by atoms with E-state index in [2.05, 4.69) is 20.6 Å². The number of aryl methyl sites for hydroxylation is 1. The quantitative estimate of drug-likeness (QED) is 0.858. The third-order valence-electron chi connectivity index (χ3n) is 3.20. The molecule has 98 valence electrons. The van der Waals surface area contributed by atoms with Crippen molar-refractivity contribution >= 4 is 6.03 Å². The first-order valence-electron chi connectivity index (χ1n) is 6.56. The summed E-state index contributed by atoms with van der Waals surface area (Å²) in [4.78, 5) is 20.0. The lowest BCUT2D eigenvalue weighted by atomic mass is 9.96. The maximum atomic E-state index is 11.7. The monoisotopic (exact) mass is 248 g/mol. The van der Waals surface area contributed by atoms with Crippen LogP contribution in [0, 0.1) is 6.92 Å². The molecule has 0 radical (unpaired) electrons. The predicted octanol–water partition coefficient (Wildman–Crippen LogP) is 1.92. The van der Waals surface area contributed by atoms with E-state index in [-0.39, 0.29) is 6.03 Å². The minimum Gasteiger partial charge on any atom is -0.335 e. The number of hydrogen-bond donors (Lipinski definition) is 2. The van der Waals surface area contributed by atoms with Gasteiger partial charge in [0.2, 0.25) is 0 Å². The van der Waals surface area contributed by atoms with Gasteiger partial charge in [-0.25, -0.2) is 4.79 Å². The molecule has 2 N–H and O–H groups in total. The zero-order chi connectivity index (χ0) is 12.8. The van der Waals surface area contributed by atoms with E-state index in [4.69, 9.17) is 0 Å². The van der Waals surface area contributed by atoms with Crippen LogP contribution in [0.2, 0.25) is 0 Å². The van der Waals surface area contributed by atoms with Gasteiger partial charge in [0.25, 0.3) is 0 Å². The zero-order valence-corrected chi connectivity index (χ0v) is 10.8. The number of carbonyl (C=O) groups is 1. The number of nitrogens with one attached hydrogen (secondary N) is 2. The molecule has 0 aromatic carbocycles. The second kappa shape index (κ2) is 6.33. The lowest BCUT2D eigenvalue weighted by molar-refractivity contribution is 0.232. The molecule has 18 heavy (non-hydrogen) atoms. The number of amides is 2. The number of aromatic nitrogens is 2. The van der Waals surface area contributed by atoms with Crippen molar-refractivity contribution in [3.05, 3.63) is 23.8 Å². The van der Waals surface area contributed by atoms with Gasteiger partial charge in [-0.3, -0.25) is 9.97 Å². The summed E-state index contributed by atoms with van der Waals surface area (Å²) in [5.74, 6) is 0. The number of hydrogen-bond acceptors (Lipinski definition) is 3. The fourth-order valence-corrected chi connectivity index (χ4v) is 2.16. The van der Waals surface area contributed by atoms with E-state index in [9.17, 15) is 4.79 Å².